The maximum Gasteiger partial charge on any atom is 0.190 e. The molecule has 3 nitrogen and oxygen atoms in total. The molecule has 56 valence electrons. The second kappa shape index (κ2) is 2.12. The number of hydrogen-bond donors (Lipinski definition) is 0. The Morgan fingerprint density at radius 2 is 2.10 bits per heavy atom. The van der Waals surface area contributed by atoms with Crippen molar-refractivity contribution in [1.29, 1.82) is 0 Å². The molecule has 0 atom stereocenters. The quantitative estimate of drug-likeness (QED) is 0.596. The number of nitrogens with zero attached hydrogens (tertiary/aromatic N) is 1. The Balaban J connectivity index is 3.32. The number of aromatic nitrogens is 1. The first-order chi connectivity index (χ1) is 4.52. The van der Waals surface area contributed by atoms with Crippen molar-refractivity contribution in [2.75, 3.05) is 6.26 Å². The molecule has 0 N–H and O–H groups in total. The van der Waals surface area contributed by atoms with E-state index in [0.29, 0.717) is 5.03 Å². The number of aryl methyl sites for hydroxylation is 1. The Kier molecular flexibility index (Phi) is 1.56. The second-order valence-corrected chi connectivity index (χ2v) is 4.19. The van der Waals surface area contributed by atoms with Crippen LogP contribution in [0.3, 0.4) is 0 Å². The van der Waals surface area contributed by atoms with Crippen LogP contribution in [-0.2, 0) is 16.9 Å². The van der Waals surface area contributed by atoms with Crippen LogP contribution in [0.1, 0.15) is 0 Å². The van der Waals surface area contributed by atoms with Gasteiger partial charge in [-0.1, -0.05) is 0 Å². The Morgan fingerprint density at radius 1 is 1.50 bits per heavy atom. The van der Waals surface area contributed by atoms with E-state index in [2.05, 4.69) is 0 Å². The van der Waals surface area contributed by atoms with Crippen molar-refractivity contribution in [3.8, 4) is 0 Å². The molecule has 0 saturated carbocycles. The highest BCUT2D eigenvalue weighted by Crippen LogP contribution is 2.06. The molecule has 4 heteroatoms. The summed E-state index contributed by atoms with van der Waals surface area (Å²) < 4.78 is 23.4. The SMILES string of the molecule is Cn1cccc1S(C)(=O)=O. The van der Waals surface area contributed by atoms with Gasteiger partial charge in [0, 0.05) is 19.5 Å². The van der Waals surface area contributed by atoms with Crippen LogP contribution >= 0.6 is 0 Å². The van der Waals surface area contributed by atoms with Gasteiger partial charge in [0.1, 0.15) is 5.03 Å². The fourth-order valence-corrected chi connectivity index (χ4v) is 1.74. The Bertz CT molecular complexity index is 323. The lowest BCUT2D eigenvalue weighted by Gasteiger charge is -1.97. The molecule has 0 unspecified atom stereocenters. The van der Waals surface area contributed by atoms with E-state index in [4.69, 9.17) is 0 Å². The third-order valence-electron chi connectivity index (χ3n) is 1.28. The lowest BCUT2D eigenvalue weighted by atomic mass is 10.7. The molecule has 10 heavy (non-hydrogen) atoms. The molecule has 1 aromatic rings. The van der Waals surface area contributed by atoms with Crippen LogP contribution in [0.25, 0.3) is 0 Å². The smallest absolute Gasteiger partial charge is 0.190 e. The minimum Gasteiger partial charge on any atom is -0.342 e. The molecule has 0 aliphatic carbocycles. The van der Waals surface area contributed by atoms with E-state index in [1.807, 2.05) is 0 Å². The molecule has 0 spiro atoms. The van der Waals surface area contributed by atoms with Crippen molar-refractivity contribution < 1.29 is 8.42 Å². The molecular formula is C6H9NO2S. The third-order valence-corrected chi connectivity index (χ3v) is 2.46. The van der Waals surface area contributed by atoms with Gasteiger partial charge in [-0.05, 0) is 12.1 Å². The van der Waals surface area contributed by atoms with E-state index in [-0.39, 0.29) is 0 Å². The zero-order valence-electron chi connectivity index (χ0n) is 5.90. The fourth-order valence-electron chi connectivity index (χ4n) is 0.831. The standard InChI is InChI=1S/C6H9NO2S/c1-7-5-3-4-6(7)10(2,8)9/h3-5H,1-2H3. The monoisotopic (exact) mass is 159 g/mol. The zero-order valence-corrected chi connectivity index (χ0v) is 6.72. The van der Waals surface area contributed by atoms with Crippen LogP contribution in [0, 0.1) is 0 Å². The van der Waals surface area contributed by atoms with Gasteiger partial charge in [0.05, 0.1) is 0 Å². The molecule has 1 heterocycles. The first-order valence-electron chi connectivity index (χ1n) is 2.83. The largest absolute Gasteiger partial charge is 0.342 e. The van der Waals surface area contributed by atoms with E-state index in [0.717, 1.165) is 0 Å². The summed E-state index contributed by atoms with van der Waals surface area (Å²) in [6.45, 7) is 0. The van der Waals surface area contributed by atoms with Crippen molar-refractivity contribution in [3.05, 3.63) is 18.3 Å². The molecule has 0 fully saturated rings. The van der Waals surface area contributed by atoms with Crippen molar-refractivity contribution in [2.45, 2.75) is 5.03 Å². The Labute approximate surface area is 60.2 Å². The molecule has 0 bridgehead atoms. The highest BCUT2D eigenvalue weighted by Gasteiger charge is 2.08. The summed E-state index contributed by atoms with van der Waals surface area (Å²) in [5, 5.41) is 0.354. The molecule has 0 saturated heterocycles. The van der Waals surface area contributed by atoms with Crippen molar-refractivity contribution in [2.24, 2.45) is 7.05 Å². The van der Waals surface area contributed by atoms with Gasteiger partial charge >= 0.3 is 0 Å². The Hall–Kier alpha value is -0.770. The van der Waals surface area contributed by atoms with E-state index in [9.17, 15) is 8.42 Å². The number of sulfone groups is 1. The summed E-state index contributed by atoms with van der Waals surface area (Å²) in [5.74, 6) is 0. The number of hydrogen-bond acceptors (Lipinski definition) is 2. The van der Waals surface area contributed by atoms with Crippen LogP contribution in [0.5, 0.6) is 0 Å². The lowest BCUT2D eigenvalue weighted by molar-refractivity contribution is 0.592. The van der Waals surface area contributed by atoms with E-state index < -0.39 is 9.84 Å². The predicted molar refractivity (Wildman–Crippen MR) is 38.5 cm³/mol. The van der Waals surface area contributed by atoms with Crippen molar-refractivity contribution in [1.82, 2.24) is 4.57 Å². The average molecular weight is 159 g/mol. The minimum absolute atomic E-state index is 0.354. The molecule has 0 aromatic carbocycles. The summed E-state index contributed by atoms with van der Waals surface area (Å²) >= 11 is 0. The van der Waals surface area contributed by atoms with Gasteiger partial charge in [0.25, 0.3) is 0 Å². The lowest BCUT2D eigenvalue weighted by Crippen LogP contribution is -2.02. The summed E-state index contributed by atoms with van der Waals surface area (Å²) in [5.41, 5.74) is 0. The first-order valence-corrected chi connectivity index (χ1v) is 4.72. The average Bonchev–Trinajstić information content (AvgIpc) is 2.11. The van der Waals surface area contributed by atoms with Gasteiger partial charge in [0.2, 0.25) is 0 Å². The molecule has 0 amide bonds. The van der Waals surface area contributed by atoms with Gasteiger partial charge < -0.3 is 4.57 Å². The van der Waals surface area contributed by atoms with Crippen LogP contribution in [0.4, 0.5) is 0 Å². The molecule has 0 aliphatic heterocycles. The van der Waals surface area contributed by atoms with E-state index >= 15 is 0 Å². The highest BCUT2D eigenvalue weighted by atomic mass is 32.2. The van der Waals surface area contributed by atoms with Gasteiger partial charge in [-0.3, -0.25) is 0 Å². The second-order valence-electron chi connectivity index (χ2n) is 2.23. The predicted octanol–water partition coefficient (Wildman–Crippen LogP) is 0.429. The number of rotatable bonds is 1. The molecular weight excluding hydrogens is 150 g/mol. The van der Waals surface area contributed by atoms with Crippen LogP contribution in [-0.4, -0.2) is 19.2 Å². The molecule has 0 aliphatic rings. The van der Waals surface area contributed by atoms with Crippen LogP contribution in [0.15, 0.2) is 23.4 Å². The Morgan fingerprint density at radius 3 is 2.30 bits per heavy atom. The van der Waals surface area contributed by atoms with E-state index in [1.54, 1.807) is 29.9 Å². The van der Waals surface area contributed by atoms with Gasteiger partial charge in [-0.15, -0.1) is 0 Å². The summed E-state index contributed by atoms with van der Waals surface area (Å²) in [6.07, 6.45) is 2.90. The van der Waals surface area contributed by atoms with Crippen LogP contribution in [0.2, 0.25) is 0 Å². The van der Waals surface area contributed by atoms with Gasteiger partial charge in [-0.2, -0.15) is 0 Å². The first kappa shape index (κ1) is 7.34. The summed E-state index contributed by atoms with van der Waals surface area (Å²) in [7, 11) is -1.32. The molecule has 1 rings (SSSR count). The highest BCUT2D eigenvalue weighted by molar-refractivity contribution is 7.90. The molecule has 0 radical (unpaired) electrons. The summed E-state index contributed by atoms with van der Waals surface area (Å²) in [6, 6.07) is 3.28. The normalized spacial score (nSPS) is 11.8. The van der Waals surface area contributed by atoms with Crippen LogP contribution < -0.4 is 0 Å². The van der Waals surface area contributed by atoms with Gasteiger partial charge in [0.15, 0.2) is 9.84 Å². The van der Waals surface area contributed by atoms with Gasteiger partial charge in [-0.25, -0.2) is 8.42 Å². The fraction of sp³-hybridized carbons (Fsp3) is 0.333. The third kappa shape index (κ3) is 1.21. The maximum atomic E-state index is 10.9. The van der Waals surface area contributed by atoms with Crippen molar-refractivity contribution >= 4 is 9.84 Å². The molecule has 1 aromatic heterocycles. The van der Waals surface area contributed by atoms with E-state index in [1.165, 1.54) is 6.26 Å². The summed E-state index contributed by atoms with van der Waals surface area (Å²) in [4.78, 5) is 0. The maximum absolute atomic E-state index is 10.9. The van der Waals surface area contributed by atoms with Crippen molar-refractivity contribution in [3.63, 3.8) is 0 Å². The topological polar surface area (TPSA) is 39.1 Å². The minimum atomic E-state index is -3.03. The zero-order chi connectivity index (χ0) is 7.78.